The molecule has 3 aromatic rings. The standard InChI is InChI=1S/C20H17O6P/c21-27(22)26-20(24-18-12-6-2-7-13-18,25-19-14-8-3-9-15-19)16-23-17-10-4-1-5-11-17/h1-15H,16H2/q-2. The molecule has 3 aromatic carbocycles. The third-order valence-corrected chi connectivity index (χ3v) is 3.83. The lowest BCUT2D eigenvalue weighted by Crippen LogP contribution is -2.50. The van der Waals surface area contributed by atoms with Gasteiger partial charge in [0, 0.05) is 0 Å². The molecule has 6 nitrogen and oxygen atoms in total. The molecule has 0 atom stereocenters. The molecule has 0 aromatic heterocycles. The Morgan fingerprint density at radius 3 is 1.44 bits per heavy atom. The fourth-order valence-corrected chi connectivity index (χ4v) is 2.64. The van der Waals surface area contributed by atoms with Crippen LogP contribution in [0.2, 0.25) is 0 Å². The van der Waals surface area contributed by atoms with Crippen molar-refractivity contribution in [1.82, 2.24) is 0 Å². The molecular formula is C20H17O6P-2. The van der Waals surface area contributed by atoms with E-state index < -0.39 is 14.6 Å². The molecule has 0 unspecified atom stereocenters. The van der Waals surface area contributed by atoms with Gasteiger partial charge in [-0.25, -0.2) is 0 Å². The quantitative estimate of drug-likeness (QED) is 0.417. The summed E-state index contributed by atoms with van der Waals surface area (Å²) in [5, 5.41) is 0. The zero-order valence-corrected chi connectivity index (χ0v) is 15.2. The van der Waals surface area contributed by atoms with Crippen LogP contribution in [0.1, 0.15) is 0 Å². The van der Waals surface area contributed by atoms with Gasteiger partial charge in [0.05, 0.1) is 0 Å². The Kier molecular flexibility index (Phi) is 6.63. The van der Waals surface area contributed by atoms with Crippen molar-refractivity contribution in [2.24, 2.45) is 0 Å². The van der Waals surface area contributed by atoms with Gasteiger partial charge < -0.3 is 28.5 Å². The molecule has 27 heavy (non-hydrogen) atoms. The maximum atomic E-state index is 11.4. The minimum Gasteiger partial charge on any atom is -0.820 e. The van der Waals surface area contributed by atoms with Gasteiger partial charge in [-0.05, 0) is 36.4 Å². The molecule has 3 rings (SSSR count). The molecule has 0 bridgehead atoms. The summed E-state index contributed by atoms with van der Waals surface area (Å²) in [5.74, 6) is -0.794. The van der Waals surface area contributed by atoms with E-state index in [0.29, 0.717) is 17.2 Å². The van der Waals surface area contributed by atoms with E-state index >= 15 is 0 Å². The smallest absolute Gasteiger partial charge is 0.409 e. The Morgan fingerprint density at radius 2 is 1.04 bits per heavy atom. The monoisotopic (exact) mass is 384 g/mol. The van der Waals surface area contributed by atoms with E-state index in [1.165, 1.54) is 0 Å². The van der Waals surface area contributed by atoms with Gasteiger partial charge in [-0.15, -0.1) is 0 Å². The summed E-state index contributed by atoms with van der Waals surface area (Å²) in [6.07, 6.45) is 0. The van der Waals surface area contributed by atoms with Gasteiger partial charge in [-0.3, -0.25) is 0 Å². The van der Waals surface area contributed by atoms with E-state index in [-0.39, 0.29) is 6.61 Å². The highest BCUT2D eigenvalue weighted by atomic mass is 31.2. The Morgan fingerprint density at radius 1 is 0.630 bits per heavy atom. The van der Waals surface area contributed by atoms with Crippen molar-refractivity contribution in [3.05, 3.63) is 91.0 Å². The highest BCUT2D eigenvalue weighted by Gasteiger charge is 2.38. The molecule has 0 N–H and O–H groups in total. The Bertz CT molecular complexity index is 757. The average molecular weight is 384 g/mol. The van der Waals surface area contributed by atoms with Crippen molar-refractivity contribution < 1.29 is 28.5 Å². The topological polar surface area (TPSA) is 83.0 Å². The largest absolute Gasteiger partial charge is 0.820 e. The van der Waals surface area contributed by atoms with Crippen LogP contribution in [0.15, 0.2) is 91.0 Å². The number of rotatable bonds is 9. The first-order valence-corrected chi connectivity index (χ1v) is 9.24. The predicted octanol–water partition coefficient (Wildman–Crippen LogP) is 2.84. The molecule has 0 radical (unpaired) electrons. The molecule has 0 saturated heterocycles. The van der Waals surface area contributed by atoms with Gasteiger partial charge in [0.2, 0.25) is 0 Å². The number of hydrogen-bond donors (Lipinski definition) is 0. The van der Waals surface area contributed by atoms with Crippen molar-refractivity contribution >= 4 is 8.60 Å². The molecule has 0 aliphatic rings. The van der Waals surface area contributed by atoms with Gasteiger partial charge >= 0.3 is 5.97 Å². The second kappa shape index (κ2) is 9.35. The summed E-state index contributed by atoms with van der Waals surface area (Å²) >= 11 is 0. The van der Waals surface area contributed by atoms with Gasteiger partial charge in [0.15, 0.2) is 6.61 Å². The van der Waals surface area contributed by atoms with E-state index in [9.17, 15) is 9.79 Å². The van der Waals surface area contributed by atoms with Crippen LogP contribution < -0.4 is 24.0 Å². The molecule has 0 heterocycles. The van der Waals surface area contributed by atoms with Gasteiger partial charge in [0.1, 0.15) is 17.2 Å². The SMILES string of the molecule is [O-]P([O-])OC(COc1ccccc1)(Oc1ccccc1)Oc1ccccc1. The minimum atomic E-state index is -3.29. The maximum Gasteiger partial charge on any atom is 0.409 e. The van der Waals surface area contributed by atoms with E-state index in [0.717, 1.165) is 0 Å². The fourth-order valence-electron chi connectivity index (χ4n) is 2.28. The van der Waals surface area contributed by atoms with Crippen molar-refractivity contribution in [2.75, 3.05) is 6.61 Å². The normalized spacial score (nSPS) is 11.2. The fraction of sp³-hybridized carbons (Fsp3) is 0.100. The molecule has 7 heteroatoms. The molecule has 0 saturated carbocycles. The van der Waals surface area contributed by atoms with Gasteiger partial charge in [0.25, 0.3) is 0 Å². The second-order valence-electron chi connectivity index (χ2n) is 5.43. The summed E-state index contributed by atoms with van der Waals surface area (Å²) in [6.45, 7) is -0.329. The van der Waals surface area contributed by atoms with Crippen LogP contribution in [-0.2, 0) is 4.52 Å². The number of hydrogen-bond acceptors (Lipinski definition) is 6. The minimum absolute atomic E-state index is 0.329. The highest BCUT2D eigenvalue weighted by Crippen LogP contribution is 2.32. The summed E-state index contributed by atoms with van der Waals surface area (Å²) < 4.78 is 22.3. The van der Waals surface area contributed by atoms with E-state index in [1.807, 2.05) is 18.2 Å². The van der Waals surface area contributed by atoms with Crippen LogP contribution in [0.4, 0.5) is 0 Å². The number of ether oxygens (including phenoxy) is 3. The Labute approximate surface area is 158 Å². The Hall–Kier alpha value is -2.63. The lowest BCUT2D eigenvalue weighted by atomic mass is 10.3. The van der Waals surface area contributed by atoms with Crippen molar-refractivity contribution in [2.45, 2.75) is 5.97 Å². The lowest BCUT2D eigenvalue weighted by molar-refractivity contribution is -0.363. The molecule has 0 amide bonds. The highest BCUT2D eigenvalue weighted by molar-refractivity contribution is 7.36. The molecule has 140 valence electrons. The first kappa shape index (κ1) is 19.1. The summed E-state index contributed by atoms with van der Waals surface area (Å²) in [6, 6.07) is 26.1. The first-order valence-electron chi connectivity index (χ1n) is 8.15. The van der Waals surface area contributed by atoms with Crippen LogP contribution in [0.25, 0.3) is 0 Å². The van der Waals surface area contributed by atoms with E-state index in [1.54, 1.807) is 72.8 Å². The molecule has 0 aliphatic heterocycles. The number of benzene rings is 3. The molecule has 0 fully saturated rings. The van der Waals surface area contributed by atoms with Crippen LogP contribution in [0.5, 0.6) is 17.2 Å². The van der Waals surface area contributed by atoms with E-state index in [4.69, 9.17) is 18.7 Å². The van der Waals surface area contributed by atoms with E-state index in [2.05, 4.69) is 0 Å². The van der Waals surface area contributed by atoms with Crippen molar-refractivity contribution in [1.29, 1.82) is 0 Å². The predicted molar refractivity (Wildman–Crippen MR) is 96.8 cm³/mol. The molecule has 0 aliphatic carbocycles. The van der Waals surface area contributed by atoms with Gasteiger partial charge in [-0.2, -0.15) is 8.60 Å². The molecule has 0 spiro atoms. The second-order valence-corrected chi connectivity index (χ2v) is 6.06. The van der Waals surface area contributed by atoms with Crippen LogP contribution in [-0.4, -0.2) is 12.6 Å². The average Bonchev–Trinajstić information content (AvgIpc) is 2.68. The number of para-hydroxylation sites is 3. The van der Waals surface area contributed by atoms with Gasteiger partial charge in [-0.1, -0.05) is 54.6 Å². The zero-order valence-electron chi connectivity index (χ0n) is 14.3. The summed E-state index contributed by atoms with van der Waals surface area (Å²) in [7, 11) is -3.29. The van der Waals surface area contributed by atoms with Crippen LogP contribution in [0.3, 0.4) is 0 Å². The first-order chi connectivity index (χ1) is 13.2. The van der Waals surface area contributed by atoms with Crippen molar-refractivity contribution in [3.8, 4) is 17.2 Å². The van der Waals surface area contributed by atoms with Crippen molar-refractivity contribution in [3.63, 3.8) is 0 Å². The van der Waals surface area contributed by atoms with Crippen LogP contribution in [0, 0.1) is 0 Å². The maximum absolute atomic E-state index is 11.4. The Balaban J connectivity index is 1.89. The third-order valence-electron chi connectivity index (χ3n) is 3.41. The zero-order chi connectivity index (χ0) is 19.0. The molecular weight excluding hydrogens is 367 g/mol. The lowest BCUT2D eigenvalue weighted by Gasteiger charge is -2.41. The summed E-state index contributed by atoms with van der Waals surface area (Å²) in [5.41, 5.74) is 0. The third kappa shape index (κ3) is 5.94. The summed E-state index contributed by atoms with van der Waals surface area (Å²) in [4.78, 5) is 22.8. The van der Waals surface area contributed by atoms with Crippen LogP contribution >= 0.6 is 8.60 Å².